The molecule has 1 heterocycles. The van der Waals surface area contributed by atoms with Crippen LogP contribution in [0.1, 0.15) is 31.4 Å². The van der Waals surface area contributed by atoms with E-state index in [-0.39, 0.29) is 31.0 Å². The molecule has 32 heavy (non-hydrogen) atoms. The van der Waals surface area contributed by atoms with E-state index < -0.39 is 26.6 Å². The van der Waals surface area contributed by atoms with Crippen LogP contribution < -0.4 is 5.32 Å². The van der Waals surface area contributed by atoms with Crippen LogP contribution in [0.2, 0.25) is 0 Å². The number of fused-ring (bicyclic) bond motifs is 1. The summed E-state index contributed by atoms with van der Waals surface area (Å²) in [7, 11) is -4.16. The molecule has 5 nitrogen and oxygen atoms in total. The van der Waals surface area contributed by atoms with Crippen molar-refractivity contribution in [3.8, 4) is 0 Å². The molecule has 1 saturated heterocycles. The maximum atomic E-state index is 14.0. The molecule has 0 aliphatic carbocycles. The number of piperidine rings is 1. The third-order valence-corrected chi connectivity index (χ3v) is 7.88. The summed E-state index contributed by atoms with van der Waals surface area (Å²) in [6.07, 6.45) is 0.624. The topological polar surface area (TPSA) is 66.5 Å². The van der Waals surface area contributed by atoms with Crippen molar-refractivity contribution in [2.45, 2.75) is 30.7 Å². The van der Waals surface area contributed by atoms with Crippen LogP contribution in [0.5, 0.6) is 0 Å². The maximum absolute atomic E-state index is 14.0. The first-order chi connectivity index (χ1) is 15.3. The van der Waals surface area contributed by atoms with Crippen LogP contribution in [0.15, 0.2) is 65.6 Å². The Balaban J connectivity index is 1.39. The molecule has 1 fully saturated rings. The highest BCUT2D eigenvalue weighted by Crippen LogP contribution is 2.27. The Hall–Kier alpha value is -2.84. The highest BCUT2D eigenvalue weighted by Gasteiger charge is 2.34. The predicted molar refractivity (Wildman–Crippen MR) is 118 cm³/mol. The second-order valence-electron chi connectivity index (χ2n) is 8.09. The number of hydrogen-bond acceptors (Lipinski definition) is 3. The average molecular weight is 459 g/mol. The van der Waals surface area contributed by atoms with Gasteiger partial charge < -0.3 is 5.32 Å². The van der Waals surface area contributed by atoms with Crippen LogP contribution in [0, 0.1) is 17.6 Å². The SMILES string of the molecule is CC(NC(=O)C1CCN(S(=O)(=O)c2cc(F)ccc2F)CC1)c1ccc2ccccc2c1. The first-order valence-corrected chi connectivity index (χ1v) is 11.9. The van der Waals surface area contributed by atoms with Gasteiger partial charge in [-0.1, -0.05) is 36.4 Å². The molecule has 1 aliphatic heterocycles. The van der Waals surface area contributed by atoms with Crippen molar-refractivity contribution in [1.29, 1.82) is 0 Å². The number of rotatable bonds is 5. The molecule has 0 radical (unpaired) electrons. The number of amides is 1. The summed E-state index contributed by atoms with van der Waals surface area (Å²) in [5, 5.41) is 5.23. The van der Waals surface area contributed by atoms with Crippen LogP contribution in [0.4, 0.5) is 8.78 Å². The maximum Gasteiger partial charge on any atom is 0.246 e. The lowest BCUT2D eigenvalue weighted by atomic mass is 9.96. The van der Waals surface area contributed by atoms with Gasteiger partial charge in [-0.15, -0.1) is 0 Å². The van der Waals surface area contributed by atoms with Gasteiger partial charge in [0.1, 0.15) is 16.5 Å². The number of nitrogens with zero attached hydrogens (tertiary/aromatic N) is 1. The molecule has 3 aromatic rings. The number of benzene rings is 3. The van der Waals surface area contributed by atoms with Crippen molar-refractivity contribution in [2.24, 2.45) is 5.92 Å². The van der Waals surface area contributed by atoms with E-state index in [2.05, 4.69) is 5.32 Å². The largest absolute Gasteiger partial charge is 0.349 e. The monoisotopic (exact) mass is 458 g/mol. The van der Waals surface area contributed by atoms with Gasteiger partial charge in [0, 0.05) is 19.0 Å². The molecule has 0 spiro atoms. The number of carbonyl (C=O) groups is 1. The van der Waals surface area contributed by atoms with E-state index in [1.54, 1.807) is 0 Å². The second kappa shape index (κ2) is 8.96. The molecule has 0 bridgehead atoms. The van der Waals surface area contributed by atoms with Crippen LogP contribution >= 0.6 is 0 Å². The molecule has 0 aromatic heterocycles. The first kappa shape index (κ1) is 22.4. The normalized spacial score (nSPS) is 16.7. The van der Waals surface area contributed by atoms with Crippen molar-refractivity contribution in [2.75, 3.05) is 13.1 Å². The minimum absolute atomic E-state index is 0.0702. The smallest absolute Gasteiger partial charge is 0.246 e. The molecule has 168 valence electrons. The van der Waals surface area contributed by atoms with Crippen molar-refractivity contribution >= 4 is 26.7 Å². The van der Waals surface area contributed by atoms with Crippen LogP contribution in [-0.4, -0.2) is 31.7 Å². The Labute approximate surface area is 186 Å². The molecule has 1 atom stereocenters. The van der Waals surface area contributed by atoms with Crippen molar-refractivity contribution in [3.63, 3.8) is 0 Å². The molecule has 4 rings (SSSR count). The molecular formula is C24H24F2N2O3S. The zero-order valence-electron chi connectivity index (χ0n) is 17.6. The Morgan fingerprint density at radius 3 is 2.41 bits per heavy atom. The predicted octanol–water partition coefficient (Wildman–Crippen LogP) is 4.40. The molecule has 8 heteroatoms. The van der Waals surface area contributed by atoms with E-state index in [1.807, 2.05) is 49.4 Å². The van der Waals surface area contributed by atoms with Crippen LogP contribution in [0.3, 0.4) is 0 Å². The van der Waals surface area contributed by atoms with Gasteiger partial charge >= 0.3 is 0 Å². The van der Waals surface area contributed by atoms with Crippen molar-refractivity contribution < 1.29 is 22.0 Å². The summed E-state index contributed by atoms with van der Waals surface area (Å²) in [6, 6.07) is 16.2. The molecule has 1 unspecified atom stereocenters. The molecule has 1 aliphatic rings. The zero-order chi connectivity index (χ0) is 22.9. The van der Waals surface area contributed by atoms with E-state index in [0.29, 0.717) is 18.9 Å². The van der Waals surface area contributed by atoms with Gasteiger partial charge in [0.2, 0.25) is 15.9 Å². The van der Waals surface area contributed by atoms with Gasteiger partial charge in [-0.25, -0.2) is 17.2 Å². The third-order valence-electron chi connectivity index (χ3n) is 5.97. The highest BCUT2D eigenvalue weighted by molar-refractivity contribution is 7.89. The summed E-state index contributed by atoms with van der Waals surface area (Å²) in [4.78, 5) is 12.1. The summed E-state index contributed by atoms with van der Waals surface area (Å²) in [6.45, 7) is 2.05. The van der Waals surface area contributed by atoms with Crippen molar-refractivity contribution in [3.05, 3.63) is 77.9 Å². The molecule has 0 saturated carbocycles. The van der Waals surface area contributed by atoms with Gasteiger partial charge in [-0.3, -0.25) is 4.79 Å². The van der Waals surface area contributed by atoms with Gasteiger partial charge in [0.15, 0.2) is 0 Å². The quantitative estimate of drug-likeness (QED) is 0.617. The van der Waals surface area contributed by atoms with Gasteiger partial charge in [-0.2, -0.15) is 4.31 Å². The molecule has 1 N–H and O–H groups in total. The lowest BCUT2D eigenvalue weighted by Gasteiger charge is -2.31. The second-order valence-corrected chi connectivity index (χ2v) is 10.00. The minimum Gasteiger partial charge on any atom is -0.349 e. The van der Waals surface area contributed by atoms with Crippen molar-refractivity contribution in [1.82, 2.24) is 9.62 Å². The van der Waals surface area contributed by atoms with E-state index in [0.717, 1.165) is 32.8 Å². The Morgan fingerprint density at radius 1 is 1.00 bits per heavy atom. The number of carbonyl (C=O) groups excluding carboxylic acids is 1. The molecule has 3 aromatic carbocycles. The lowest BCUT2D eigenvalue weighted by Crippen LogP contribution is -2.43. The zero-order valence-corrected chi connectivity index (χ0v) is 18.4. The molecular weight excluding hydrogens is 434 g/mol. The van der Waals surface area contributed by atoms with E-state index >= 15 is 0 Å². The summed E-state index contributed by atoms with van der Waals surface area (Å²) < 4.78 is 54.0. The minimum atomic E-state index is -4.16. The van der Waals surface area contributed by atoms with E-state index in [4.69, 9.17) is 0 Å². The number of sulfonamides is 1. The Morgan fingerprint density at radius 2 is 1.69 bits per heavy atom. The number of hydrogen-bond donors (Lipinski definition) is 1. The fourth-order valence-corrected chi connectivity index (χ4v) is 5.61. The van der Waals surface area contributed by atoms with E-state index in [1.165, 1.54) is 0 Å². The Bertz CT molecular complexity index is 1260. The lowest BCUT2D eigenvalue weighted by molar-refractivity contribution is -0.126. The number of halogens is 2. The first-order valence-electron chi connectivity index (χ1n) is 10.5. The number of nitrogens with one attached hydrogen (secondary N) is 1. The average Bonchev–Trinajstić information content (AvgIpc) is 2.80. The summed E-state index contributed by atoms with van der Waals surface area (Å²) >= 11 is 0. The van der Waals surface area contributed by atoms with Gasteiger partial charge in [-0.05, 0) is 60.4 Å². The summed E-state index contributed by atoms with van der Waals surface area (Å²) in [5.74, 6) is -2.29. The standard InChI is InChI=1S/C24H24F2N2O3S/c1-16(19-7-6-17-4-2-3-5-20(17)14-19)27-24(29)18-10-12-28(13-11-18)32(30,31)23-15-21(25)8-9-22(23)26/h2-9,14-16,18H,10-13H2,1H3,(H,27,29). The third kappa shape index (κ3) is 4.52. The fourth-order valence-electron chi connectivity index (χ4n) is 4.06. The fraction of sp³-hybridized carbons (Fsp3) is 0.292. The molecule has 1 amide bonds. The Kier molecular flexibility index (Phi) is 6.26. The van der Waals surface area contributed by atoms with E-state index in [9.17, 15) is 22.0 Å². The highest BCUT2D eigenvalue weighted by atomic mass is 32.2. The van der Waals surface area contributed by atoms with Crippen LogP contribution in [-0.2, 0) is 14.8 Å². The van der Waals surface area contributed by atoms with Gasteiger partial charge in [0.25, 0.3) is 0 Å². The van der Waals surface area contributed by atoms with Gasteiger partial charge in [0.05, 0.1) is 6.04 Å². The summed E-state index contributed by atoms with van der Waals surface area (Å²) in [5.41, 5.74) is 0.985. The van der Waals surface area contributed by atoms with Crippen LogP contribution in [0.25, 0.3) is 10.8 Å².